The van der Waals surface area contributed by atoms with Crippen LogP contribution in [0.4, 0.5) is 0 Å². The van der Waals surface area contributed by atoms with E-state index in [1.807, 2.05) is 40.9 Å². The van der Waals surface area contributed by atoms with Gasteiger partial charge in [-0.05, 0) is 49.7 Å². The molecule has 0 aromatic carbocycles. The smallest absolute Gasteiger partial charge is 0.266 e. The van der Waals surface area contributed by atoms with Crippen LogP contribution in [0.25, 0.3) is 16.9 Å². The molecule has 5 heterocycles. The zero-order valence-electron chi connectivity index (χ0n) is 15.9. The Bertz CT molecular complexity index is 1180. The van der Waals surface area contributed by atoms with Crippen molar-refractivity contribution < 1.29 is 0 Å². The van der Waals surface area contributed by atoms with Crippen molar-refractivity contribution in [3.05, 3.63) is 77.2 Å². The van der Waals surface area contributed by atoms with Gasteiger partial charge in [-0.1, -0.05) is 6.07 Å². The van der Waals surface area contributed by atoms with Crippen molar-refractivity contribution in [2.24, 2.45) is 0 Å². The summed E-state index contributed by atoms with van der Waals surface area (Å²) in [6.45, 7) is 2.24. The summed E-state index contributed by atoms with van der Waals surface area (Å²) in [5.41, 5.74) is 2.50. The second-order valence-corrected chi connectivity index (χ2v) is 7.29. The predicted molar refractivity (Wildman–Crippen MR) is 108 cm³/mol. The van der Waals surface area contributed by atoms with Gasteiger partial charge in [0, 0.05) is 36.3 Å². The second kappa shape index (κ2) is 7.56. The Labute approximate surface area is 167 Å². The third kappa shape index (κ3) is 3.54. The SMILES string of the molecule is O=c1ccc(-c2ccncc2)nn1CC1CCCN1Cc1nnc2ccccn12. The zero-order chi connectivity index (χ0) is 19.6. The predicted octanol–water partition coefficient (Wildman–Crippen LogP) is 2.01. The minimum atomic E-state index is -0.0809. The molecule has 0 aliphatic carbocycles. The van der Waals surface area contributed by atoms with Crippen molar-refractivity contribution >= 4 is 5.65 Å². The molecular weight excluding hydrogens is 366 g/mol. The van der Waals surface area contributed by atoms with Crippen LogP contribution in [0.1, 0.15) is 18.7 Å². The van der Waals surface area contributed by atoms with Crippen LogP contribution in [0.2, 0.25) is 0 Å². The Morgan fingerprint density at radius 1 is 1.03 bits per heavy atom. The van der Waals surface area contributed by atoms with E-state index in [0.717, 1.165) is 42.1 Å². The van der Waals surface area contributed by atoms with E-state index in [0.29, 0.717) is 13.1 Å². The zero-order valence-corrected chi connectivity index (χ0v) is 15.9. The first-order valence-electron chi connectivity index (χ1n) is 9.79. The average Bonchev–Trinajstić information content (AvgIpc) is 3.38. The molecule has 8 heteroatoms. The summed E-state index contributed by atoms with van der Waals surface area (Å²) in [4.78, 5) is 18.8. The largest absolute Gasteiger partial charge is 0.291 e. The molecule has 8 nitrogen and oxygen atoms in total. The topological polar surface area (TPSA) is 81.2 Å². The number of aromatic nitrogens is 6. The lowest BCUT2D eigenvalue weighted by atomic mass is 10.2. The Balaban J connectivity index is 1.38. The number of likely N-dealkylation sites (tertiary alicyclic amines) is 1. The molecule has 1 saturated heterocycles. The van der Waals surface area contributed by atoms with E-state index in [4.69, 9.17) is 0 Å². The van der Waals surface area contributed by atoms with E-state index in [1.54, 1.807) is 29.2 Å². The van der Waals surface area contributed by atoms with Crippen LogP contribution in [0, 0.1) is 0 Å². The Morgan fingerprint density at radius 2 is 1.93 bits per heavy atom. The summed E-state index contributed by atoms with van der Waals surface area (Å²) in [6, 6.07) is 13.3. The molecule has 1 aliphatic heterocycles. The van der Waals surface area contributed by atoms with Gasteiger partial charge in [-0.2, -0.15) is 5.10 Å². The van der Waals surface area contributed by atoms with Crippen molar-refractivity contribution in [3.63, 3.8) is 0 Å². The minimum absolute atomic E-state index is 0.0809. The van der Waals surface area contributed by atoms with Crippen molar-refractivity contribution in [2.75, 3.05) is 6.54 Å². The molecule has 0 saturated carbocycles. The molecule has 0 N–H and O–H groups in total. The summed E-state index contributed by atoms with van der Waals surface area (Å²) in [6.07, 6.45) is 7.58. The van der Waals surface area contributed by atoms with Crippen LogP contribution in [0.15, 0.2) is 65.8 Å². The first-order chi connectivity index (χ1) is 14.3. The van der Waals surface area contributed by atoms with Crippen LogP contribution < -0.4 is 5.56 Å². The molecule has 29 heavy (non-hydrogen) atoms. The fraction of sp³-hybridized carbons (Fsp3) is 0.286. The van der Waals surface area contributed by atoms with Crippen molar-refractivity contribution in [3.8, 4) is 11.3 Å². The van der Waals surface area contributed by atoms with E-state index in [1.165, 1.54) is 0 Å². The molecule has 5 rings (SSSR count). The van der Waals surface area contributed by atoms with Gasteiger partial charge in [0.25, 0.3) is 5.56 Å². The number of rotatable bonds is 5. The number of hydrogen-bond acceptors (Lipinski definition) is 6. The molecule has 146 valence electrons. The highest BCUT2D eigenvalue weighted by Crippen LogP contribution is 2.21. The van der Waals surface area contributed by atoms with Gasteiger partial charge in [-0.15, -0.1) is 10.2 Å². The lowest BCUT2D eigenvalue weighted by Crippen LogP contribution is -2.37. The Kier molecular flexibility index (Phi) is 4.61. The maximum atomic E-state index is 12.4. The standard InChI is InChI=1S/C21H21N7O/c29-21-7-6-18(16-8-10-22-11-9-16)25-28(21)14-17-4-3-12-26(17)15-20-24-23-19-5-1-2-13-27(19)20/h1-2,5-11,13,17H,3-4,12,14-15H2. The quantitative estimate of drug-likeness (QED) is 0.521. The summed E-state index contributed by atoms with van der Waals surface area (Å²) in [5, 5.41) is 13.2. The van der Waals surface area contributed by atoms with Gasteiger partial charge in [0.15, 0.2) is 11.5 Å². The summed E-state index contributed by atoms with van der Waals surface area (Å²) >= 11 is 0. The number of fused-ring (bicyclic) bond motifs is 1. The van der Waals surface area contributed by atoms with Crippen LogP contribution in [-0.4, -0.2) is 46.8 Å². The monoisotopic (exact) mass is 387 g/mol. The molecule has 0 amide bonds. The average molecular weight is 387 g/mol. The highest BCUT2D eigenvalue weighted by molar-refractivity contribution is 5.57. The van der Waals surface area contributed by atoms with Gasteiger partial charge in [-0.3, -0.25) is 19.1 Å². The molecule has 1 fully saturated rings. The molecule has 4 aromatic heterocycles. The molecule has 4 aromatic rings. The van der Waals surface area contributed by atoms with Crippen LogP contribution >= 0.6 is 0 Å². The fourth-order valence-electron chi connectivity index (χ4n) is 3.95. The van der Waals surface area contributed by atoms with Crippen LogP contribution in [0.3, 0.4) is 0 Å². The Morgan fingerprint density at radius 3 is 2.83 bits per heavy atom. The van der Waals surface area contributed by atoms with Gasteiger partial charge in [-0.25, -0.2) is 4.68 Å². The molecule has 1 unspecified atom stereocenters. The molecule has 1 aliphatic rings. The third-order valence-electron chi connectivity index (χ3n) is 5.45. The maximum absolute atomic E-state index is 12.4. The molecule has 0 radical (unpaired) electrons. The van der Waals surface area contributed by atoms with Crippen molar-refractivity contribution in [1.29, 1.82) is 0 Å². The summed E-state index contributed by atoms with van der Waals surface area (Å²) in [5.74, 6) is 0.915. The number of pyridine rings is 2. The van der Waals surface area contributed by atoms with E-state index in [9.17, 15) is 4.79 Å². The van der Waals surface area contributed by atoms with Gasteiger partial charge < -0.3 is 0 Å². The normalized spacial score (nSPS) is 17.2. The molecule has 1 atom stereocenters. The van der Waals surface area contributed by atoms with E-state index < -0.39 is 0 Å². The van der Waals surface area contributed by atoms with Gasteiger partial charge in [0.1, 0.15) is 0 Å². The van der Waals surface area contributed by atoms with Crippen molar-refractivity contribution in [2.45, 2.75) is 32.0 Å². The van der Waals surface area contributed by atoms with Gasteiger partial charge >= 0.3 is 0 Å². The highest BCUT2D eigenvalue weighted by Gasteiger charge is 2.27. The highest BCUT2D eigenvalue weighted by atomic mass is 16.1. The number of hydrogen-bond donors (Lipinski definition) is 0. The number of nitrogens with zero attached hydrogens (tertiary/aromatic N) is 7. The van der Waals surface area contributed by atoms with Gasteiger partial charge in [0.2, 0.25) is 0 Å². The Hall–Kier alpha value is -3.39. The summed E-state index contributed by atoms with van der Waals surface area (Å²) < 4.78 is 3.60. The van der Waals surface area contributed by atoms with E-state index >= 15 is 0 Å². The summed E-state index contributed by atoms with van der Waals surface area (Å²) in [7, 11) is 0. The molecule has 0 bridgehead atoms. The lowest BCUT2D eigenvalue weighted by Gasteiger charge is -2.24. The third-order valence-corrected chi connectivity index (χ3v) is 5.45. The molecule has 0 spiro atoms. The van der Waals surface area contributed by atoms with Crippen LogP contribution in [-0.2, 0) is 13.1 Å². The fourth-order valence-corrected chi connectivity index (χ4v) is 3.95. The lowest BCUT2D eigenvalue weighted by molar-refractivity contribution is 0.211. The maximum Gasteiger partial charge on any atom is 0.266 e. The first-order valence-corrected chi connectivity index (χ1v) is 9.79. The molecular formula is C21H21N7O. The minimum Gasteiger partial charge on any atom is -0.291 e. The van der Waals surface area contributed by atoms with Crippen LogP contribution in [0.5, 0.6) is 0 Å². The van der Waals surface area contributed by atoms with E-state index in [-0.39, 0.29) is 11.6 Å². The first kappa shape index (κ1) is 17.7. The van der Waals surface area contributed by atoms with E-state index in [2.05, 4.69) is 25.2 Å². The second-order valence-electron chi connectivity index (χ2n) is 7.29. The van der Waals surface area contributed by atoms with Gasteiger partial charge in [0.05, 0.1) is 18.8 Å². The van der Waals surface area contributed by atoms with Crippen molar-refractivity contribution in [1.82, 2.24) is 34.3 Å².